The van der Waals surface area contributed by atoms with Crippen LogP contribution in [0.1, 0.15) is 32.1 Å². The predicted octanol–water partition coefficient (Wildman–Crippen LogP) is 3.13. The van der Waals surface area contributed by atoms with Gasteiger partial charge in [-0.3, -0.25) is 4.79 Å². The Kier molecular flexibility index (Phi) is 4.88. The first-order chi connectivity index (χ1) is 11.1. The standard InChI is InChI=1S/C19H26O4/c1-3-19(21)23-11-13-6-16-15-8-14(4-5-22-12(2)10-20)17(9-15)18(16)7-13/h3,10,13-18H,1-2,4-9,11H2. The van der Waals surface area contributed by atoms with Crippen molar-refractivity contribution in [3.63, 3.8) is 0 Å². The average Bonchev–Trinajstić information content (AvgIpc) is 3.23. The number of carbonyl (C=O) groups is 2. The van der Waals surface area contributed by atoms with Crippen molar-refractivity contribution >= 4 is 12.3 Å². The zero-order chi connectivity index (χ0) is 16.4. The summed E-state index contributed by atoms with van der Waals surface area (Å²) in [6, 6.07) is 0. The molecule has 0 aromatic carbocycles. The topological polar surface area (TPSA) is 52.6 Å². The molecule has 4 heteroatoms. The molecule has 0 saturated heterocycles. The molecular weight excluding hydrogens is 292 g/mol. The summed E-state index contributed by atoms with van der Waals surface area (Å²) in [4.78, 5) is 21.7. The average molecular weight is 318 g/mol. The van der Waals surface area contributed by atoms with E-state index in [0.717, 1.165) is 36.0 Å². The molecule has 3 saturated carbocycles. The van der Waals surface area contributed by atoms with Crippen molar-refractivity contribution < 1.29 is 19.1 Å². The first-order valence-corrected chi connectivity index (χ1v) is 8.68. The highest BCUT2D eigenvalue weighted by Gasteiger charge is 2.55. The van der Waals surface area contributed by atoms with Crippen molar-refractivity contribution in [2.24, 2.45) is 35.5 Å². The summed E-state index contributed by atoms with van der Waals surface area (Å²) >= 11 is 0. The van der Waals surface area contributed by atoms with Crippen LogP contribution in [-0.4, -0.2) is 25.5 Å². The highest BCUT2D eigenvalue weighted by molar-refractivity contribution is 5.81. The summed E-state index contributed by atoms with van der Waals surface area (Å²) < 4.78 is 10.6. The van der Waals surface area contributed by atoms with Crippen LogP contribution in [0.25, 0.3) is 0 Å². The van der Waals surface area contributed by atoms with E-state index in [9.17, 15) is 9.59 Å². The third-order valence-electron chi connectivity index (χ3n) is 6.24. The molecule has 0 aromatic rings. The van der Waals surface area contributed by atoms with Gasteiger partial charge in [-0.2, -0.15) is 0 Å². The molecule has 3 aliphatic carbocycles. The fourth-order valence-electron chi connectivity index (χ4n) is 5.43. The molecule has 23 heavy (non-hydrogen) atoms. The van der Waals surface area contributed by atoms with Gasteiger partial charge in [0.25, 0.3) is 0 Å². The van der Waals surface area contributed by atoms with Gasteiger partial charge in [0.2, 0.25) is 0 Å². The van der Waals surface area contributed by atoms with Gasteiger partial charge in [-0.05, 0) is 67.6 Å². The Morgan fingerprint density at radius 3 is 2.61 bits per heavy atom. The zero-order valence-electron chi connectivity index (χ0n) is 13.6. The minimum Gasteiger partial charge on any atom is -0.491 e. The molecule has 3 aliphatic rings. The summed E-state index contributed by atoms with van der Waals surface area (Å²) in [5.74, 6) is 4.41. The summed E-state index contributed by atoms with van der Waals surface area (Å²) in [5.41, 5.74) is 0. The van der Waals surface area contributed by atoms with E-state index < -0.39 is 0 Å². The van der Waals surface area contributed by atoms with Gasteiger partial charge in [-0.1, -0.05) is 13.2 Å². The van der Waals surface area contributed by atoms with Crippen molar-refractivity contribution in [1.29, 1.82) is 0 Å². The fraction of sp³-hybridized carbons (Fsp3) is 0.684. The molecule has 0 aromatic heterocycles. The molecule has 126 valence electrons. The second kappa shape index (κ2) is 6.90. The summed E-state index contributed by atoms with van der Waals surface area (Å²) in [7, 11) is 0. The number of ether oxygens (including phenoxy) is 2. The number of fused-ring (bicyclic) bond motifs is 5. The Morgan fingerprint density at radius 2 is 1.87 bits per heavy atom. The first-order valence-electron chi connectivity index (χ1n) is 8.68. The maximum absolute atomic E-state index is 11.2. The number of hydrogen-bond acceptors (Lipinski definition) is 4. The van der Waals surface area contributed by atoms with Gasteiger partial charge in [-0.25, -0.2) is 4.79 Å². The number of rotatable bonds is 8. The third kappa shape index (κ3) is 3.36. The Labute approximate surface area is 137 Å². The van der Waals surface area contributed by atoms with Gasteiger partial charge in [0.1, 0.15) is 0 Å². The van der Waals surface area contributed by atoms with Gasteiger partial charge >= 0.3 is 5.97 Å². The number of esters is 1. The molecule has 2 bridgehead atoms. The molecule has 0 spiro atoms. The van der Waals surface area contributed by atoms with E-state index in [2.05, 4.69) is 13.2 Å². The van der Waals surface area contributed by atoms with Crippen LogP contribution in [-0.2, 0) is 19.1 Å². The van der Waals surface area contributed by atoms with Gasteiger partial charge in [0, 0.05) is 6.08 Å². The van der Waals surface area contributed by atoms with Crippen molar-refractivity contribution in [3.05, 3.63) is 25.0 Å². The molecule has 6 atom stereocenters. The number of aldehydes is 1. The monoisotopic (exact) mass is 318 g/mol. The Hall–Kier alpha value is -1.58. The van der Waals surface area contributed by atoms with Gasteiger partial charge in [-0.15, -0.1) is 0 Å². The molecular formula is C19H26O4. The summed E-state index contributed by atoms with van der Waals surface area (Å²) in [6.07, 6.45) is 7.98. The van der Waals surface area contributed by atoms with E-state index in [1.807, 2.05) is 0 Å². The quantitative estimate of drug-likeness (QED) is 0.299. The normalized spacial score (nSPS) is 37.2. The van der Waals surface area contributed by atoms with Gasteiger partial charge < -0.3 is 9.47 Å². The van der Waals surface area contributed by atoms with E-state index in [0.29, 0.717) is 25.4 Å². The van der Waals surface area contributed by atoms with Crippen LogP contribution in [0.2, 0.25) is 0 Å². The number of hydrogen-bond donors (Lipinski definition) is 0. The van der Waals surface area contributed by atoms with E-state index >= 15 is 0 Å². The van der Waals surface area contributed by atoms with Crippen molar-refractivity contribution in [3.8, 4) is 0 Å². The smallest absolute Gasteiger partial charge is 0.330 e. The Bertz CT molecular complexity index is 498. The van der Waals surface area contributed by atoms with E-state index in [4.69, 9.17) is 9.47 Å². The lowest BCUT2D eigenvalue weighted by molar-refractivity contribution is -0.139. The van der Waals surface area contributed by atoms with E-state index in [1.165, 1.54) is 31.8 Å². The van der Waals surface area contributed by atoms with Crippen molar-refractivity contribution in [2.75, 3.05) is 13.2 Å². The molecule has 3 rings (SSSR count). The summed E-state index contributed by atoms with van der Waals surface area (Å²) in [5, 5.41) is 0. The van der Waals surface area contributed by atoms with Gasteiger partial charge in [0.05, 0.1) is 13.2 Å². The zero-order valence-corrected chi connectivity index (χ0v) is 13.6. The molecule has 0 N–H and O–H groups in total. The van der Waals surface area contributed by atoms with Crippen molar-refractivity contribution in [1.82, 2.24) is 0 Å². The summed E-state index contributed by atoms with van der Waals surface area (Å²) in [6.45, 7) is 8.14. The van der Waals surface area contributed by atoms with Crippen LogP contribution >= 0.6 is 0 Å². The third-order valence-corrected chi connectivity index (χ3v) is 6.24. The number of carbonyl (C=O) groups excluding carboxylic acids is 2. The Balaban J connectivity index is 1.47. The SMILES string of the molecule is C=CC(=O)OCC1CC2C3CC(CCOC(=C)C=O)C(C3)C2C1. The maximum atomic E-state index is 11.2. The van der Waals surface area contributed by atoms with Gasteiger partial charge in [0.15, 0.2) is 12.0 Å². The maximum Gasteiger partial charge on any atom is 0.330 e. The predicted molar refractivity (Wildman–Crippen MR) is 86.3 cm³/mol. The van der Waals surface area contributed by atoms with Crippen LogP contribution in [0.5, 0.6) is 0 Å². The fourth-order valence-corrected chi connectivity index (χ4v) is 5.43. The van der Waals surface area contributed by atoms with Crippen LogP contribution < -0.4 is 0 Å². The lowest BCUT2D eigenvalue weighted by Gasteiger charge is -2.31. The minimum absolute atomic E-state index is 0.232. The minimum atomic E-state index is -0.310. The lowest BCUT2D eigenvalue weighted by Crippen LogP contribution is -2.25. The first kappa shape index (κ1) is 16.3. The molecule has 3 fully saturated rings. The second-order valence-electron chi connectivity index (χ2n) is 7.38. The van der Waals surface area contributed by atoms with Crippen LogP contribution in [0.4, 0.5) is 0 Å². The number of allylic oxidation sites excluding steroid dienone is 1. The van der Waals surface area contributed by atoms with Crippen molar-refractivity contribution in [2.45, 2.75) is 32.1 Å². The highest BCUT2D eigenvalue weighted by Crippen LogP contribution is 2.62. The molecule has 0 radical (unpaired) electrons. The molecule has 0 heterocycles. The molecule has 0 amide bonds. The van der Waals surface area contributed by atoms with Crippen LogP contribution in [0, 0.1) is 35.5 Å². The lowest BCUT2D eigenvalue weighted by atomic mass is 9.75. The Morgan fingerprint density at radius 1 is 1.09 bits per heavy atom. The highest BCUT2D eigenvalue weighted by atomic mass is 16.5. The molecule has 6 unspecified atom stereocenters. The largest absolute Gasteiger partial charge is 0.491 e. The second-order valence-corrected chi connectivity index (χ2v) is 7.38. The van der Waals surface area contributed by atoms with E-state index in [1.54, 1.807) is 0 Å². The van der Waals surface area contributed by atoms with Crippen LogP contribution in [0.15, 0.2) is 25.0 Å². The van der Waals surface area contributed by atoms with E-state index in [-0.39, 0.29) is 11.7 Å². The molecule has 0 aliphatic heterocycles. The van der Waals surface area contributed by atoms with Crippen LogP contribution in [0.3, 0.4) is 0 Å². The molecule has 4 nitrogen and oxygen atoms in total.